The Kier molecular flexibility index (Phi) is 17.2. The molecule has 0 aliphatic rings. The summed E-state index contributed by atoms with van der Waals surface area (Å²) in [5.74, 6) is -0.870. The summed E-state index contributed by atoms with van der Waals surface area (Å²) in [4.78, 5) is 10.9. The first-order chi connectivity index (χ1) is 13.4. The number of hydrogen-bond acceptors (Lipinski definition) is 2. The van der Waals surface area contributed by atoms with Gasteiger partial charge in [0.15, 0.2) is 0 Å². The zero-order chi connectivity index (χ0) is 20.7. The van der Waals surface area contributed by atoms with Gasteiger partial charge in [-0.2, -0.15) is 0 Å². The van der Waals surface area contributed by atoms with Crippen LogP contribution < -0.4 is 5.32 Å². The Hall–Kier alpha value is -0.293. The van der Waals surface area contributed by atoms with Crippen LogP contribution in [0.5, 0.6) is 0 Å². The summed E-state index contributed by atoms with van der Waals surface area (Å²) < 4.78 is 0. The second kappa shape index (κ2) is 17.4. The van der Waals surface area contributed by atoms with E-state index in [-0.39, 0.29) is 29.6 Å². The quantitative estimate of drug-likeness (QED) is 0.204. The average molecular weight is 430 g/mol. The van der Waals surface area contributed by atoms with Crippen LogP contribution in [0.15, 0.2) is 24.3 Å². The van der Waals surface area contributed by atoms with Crippen LogP contribution in [0.3, 0.4) is 0 Å². The minimum atomic E-state index is -1.00. The molecular formula is C24H44NNaO2Si. The van der Waals surface area contributed by atoms with Crippen molar-refractivity contribution in [2.45, 2.75) is 103 Å². The van der Waals surface area contributed by atoms with Gasteiger partial charge in [-0.3, -0.25) is 0 Å². The van der Waals surface area contributed by atoms with E-state index in [1.165, 1.54) is 82.7 Å². The number of benzene rings is 1. The van der Waals surface area contributed by atoms with Crippen molar-refractivity contribution in [3.8, 4) is 0 Å². The molecule has 0 radical (unpaired) electrons. The number of anilines is 1. The molecular weight excluding hydrogens is 385 g/mol. The summed E-state index contributed by atoms with van der Waals surface area (Å²) in [5.41, 5.74) is 1.35. The van der Waals surface area contributed by atoms with Crippen molar-refractivity contribution in [3.63, 3.8) is 0 Å². The van der Waals surface area contributed by atoms with Crippen LogP contribution in [0.1, 0.15) is 87.9 Å². The molecule has 0 spiro atoms. The average Bonchev–Trinajstić information content (AvgIpc) is 2.67. The van der Waals surface area contributed by atoms with Crippen molar-refractivity contribution in [2.24, 2.45) is 0 Å². The Morgan fingerprint density at radius 3 is 1.83 bits per heavy atom. The van der Waals surface area contributed by atoms with E-state index in [0.29, 0.717) is 5.56 Å². The van der Waals surface area contributed by atoms with Gasteiger partial charge in [0, 0.05) is 20.3 Å². The normalized spacial score (nSPS) is 11.1. The summed E-state index contributed by atoms with van der Waals surface area (Å²) in [6.45, 7) is 8.38. The summed E-state index contributed by atoms with van der Waals surface area (Å²) in [6.07, 6.45) is 15.2. The summed E-state index contributed by atoms with van der Waals surface area (Å²) in [6, 6.07) is 9.97. The summed E-state index contributed by atoms with van der Waals surface area (Å²) in [5, 5.41) is 12.3. The number of carboxylic acid groups (broad SMARTS) is 1. The van der Waals surface area contributed by atoms with Crippen LogP contribution in [0.25, 0.3) is 0 Å². The van der Waals surface area contributed by atoms with E-state index in [2.05, 4.69) is 25.3 Å². The molecule has 0 amide bonds. The number of carbonyl (C=O) groups is 1. The Labute approximate surface area is 202 Å². The number of hydrogen-bond donors (Lipinski definition) is 2. The fourth-order valence-electron chi connectivity index (χ4n) is 3.73. The van der Waals surface area contributed by atoms with Crippen LogP contribution in [-0.4, -0.2) is 55.3 Å². The third-order valence-corrected chi connectivity index (χ3v) is 9.11. The first-order valence-electron chi connectivity index (χ1n) is 11.5. The third-order valence-electron chi connectivity index (χ3n) is 5.70. The van der Waals surface area contributed by atoms with Gasteiger partial charge < -0.3 is 10.4 Å². The fourth-order valence-corrected chi connectivity index (χ4v) is 6.40. The molecule has 0 bridgehead atoms. The van der Waals surface area contributed by atoms with Crippen molar-refractivity contribution in [1.29, 1.82) is 0 Å². The van der Waals surface area contributed by atoms with E-state index in [0.717, 1.165) is 12.2 Å². The minimum absolute atomic E-state index is 0. The maximum atomic E-state index is 10.9. The molecule has 1 rings (SSSR count). The van der Waals surface area contributed by atoms with Crippen LogP contribution in [0.2, 0.25) is 25.2 Å². The molecule has 0 heterocycles. The molecule has 0 aliphatic carbocycles. The van der Waals surface area contributed by atoms with E-state index in [1.807, 2.05) is 12.1 Å². The number of rotatable bonds is 17. The molecule has 162 valence electrons. The fraction of sp³-hybridized carbons (Fsp3) is 0.708. The molecule has 0 aromatic heterocycles. The van der Waals surface area contributed by atoms with Gasteiger partial charge in [-0.1, -0.05) is 96.3 Å². The number of unbranched alkanes of at least 4 members (excludes halogenated alkanes) is 9. The molecule has 2 N–H and O–H groups in total. The van der Waals surface area contributed by atoms with E-state index in [9.17, 15) is 4.79 Å². The van der Waals surface area contributed by atoms with Gasteiger partial charge in [0.2, 0.25) is 0 Å². The van der Waals surface area contributed by atoms with Crippen LogP contribution in [0.4, 0.5) is 5.69 Å². The first-order valence-corrected chi connectivity index (χ1v) is 14.9. The molecule has 0 saturated carbocycles. The van der Waals surface area contributed by atoms with Gasteiger partial charge in [-0.25, -0.2) is 4.79 Å². The zero-order valence-electron chi connectivity index (χ0n) is 18.6. The molecule has 1 aromatic rings. The number of aromatic carboxylic acids is 1. The Bertz CT molecular complexity index is 534. The van der Waals surface area contributed by atoms with Gasteiger partial charge in [0.1, 0.15) is 0 Å². The second-order valence-corrected chi connectivity index (χ2v) is 14.3. The molecule has 5 heteroatoms. The van der Waals surface area contributed by atoms with Crippen molar-refractivity contribution in [2.75, 3.05) is 11.9 Å². The molecule has 29 heavy (non-hydrogen) atoms. The van der Waals surface area contributed by atoms with Gasteiger partial charge in [0.05, 0.1) is 5.56 Å². The van der Waals surface area contributed by atoms with Crippen molar-refractivity contribution in [1.82, 2.24) is 0 Å². The van der Waals surface area contributed by atoms with Gasteiger partial charge in [-0.15, -0.1) is 0 Å². The topological polar surface area (TPSA) is 49.3 Å². The van der Waals surface area contributed by atoms with E-state index in [4.69, 9.17) is 5.11 Å². The van der Waals surface area contributed by atoms with Gasteiger partial charge in [0.25, 0.3) is 0 Å². The molecule has 0 fully saturated rings. The Morgan fingerprint density at radius 2 is 1.31 bits per heavy atom. The van der Waals surface area contributed by atoms with Gasteiger partial charge in [-0.05, 0) is 30.7 Å². The summed E-state index contributed by atoms with van der Waals surface area (Å²) in [7, 11) is -1.00. The number of nitrogens with one attached hydrogen (secondary N) is 1. The number of carboxylic acids is 1. The van der Waals surface area contributed by atoms with E-state index < -0.39 is 14.0 Å². The molecule has 0 atom stereocenters. The molecule has 1 aromatic carbocycles. The molecule has 0 saturated heterocycles. The maximum absolute atomic E-state index is 10.9. The predicted molar refractivity (Wildman–Crippen MR) is 133 cm³/mol. The van der Waals surface area contributed by atoms with Crippen LogP contribution >= 0.6 is 0 Å². The zero-order valence-corrected chi connectivity index (χ0v) is 19.6. The third kappa shape index (κ3) is 15.2. The Balaban J connectivity index is 0.00000784. The summed E-state index contributed by atoms with van der Waals surface area (Å²) >= 11 is 0. The second-order valence-electron chi connectivity index (χ2n) is 9.01. The van der Waals surface area contributed by atoms with E-state index >= 15 is 0 Å². The molecule has 0 unspecified atom stereocenters. The predicted octanol–water partition coefficient (Wildman–Crippen LogP) is 7.17. The first kappa shape index (κ1) is 28.7. The van der Waals surface area contributed by atoms with Crippen molar-refractivity contribution in [3.05, 3.63) is 29.8 Å². The standard InChI is InChI=1S/C24H43NO2Si.Na.H/c1-4-5-6-7-8-9-10-13-20-28(2,3)21-14-11-12-19-25-23-17-15-22(16-18-23)24(26)27;;/h15-18,25H,4-14,19-21H2,1-3H3,(H,26,27);;. The SMILES string of the molecule is CCCCCCCCCC[Si](C)(C)CCCCCNc1ccc(C(=O)O)cc1.[NaH]. The molecule has 3 nitrogen and oxygen atoms in total. The monoisotopic (exact) mass is 429 g/mol. The van der Waals surface area contributed by atoms with Crippen molar-refractivity contribution < 1.29 is 9.90 Å². The Morgan fingerprint density at radius 1 is 0.828 bits per heavy atom. The molecule has 0 aliphatic heterocycles. The van der Waals surface area contributed by atoms with E-state index in [1.54, 1.807) is 12.1 Å². The van der Waals surface area contributed by atoms with Crippen molar-refractivity contribution >= 4 is 49.3 Å². The van der Waals surface area contributed by atoms with Gasteiger partial charge >= 0.3 is 35.5 Å². The van der Waals surface area contributed by atoms with Crippen LogP contribution in [-0.2, 0) is 0 Å². The van der Waals surface area contributed by atoms with Crippen LogP contribution in [0, 0.1) is 0 Å².